The van der Waals surface area contributed by atoms with Crippen LogP contribution in [0.1, 0.15) is 38.5 Å². The van der Waals surface area contributed by atoms with Crippen molar-refractivity contribution in [3.8, 4) is 11.4 Å². The lowest BCUT2D eigenvalue weighted by molar-refractivity contribution is 0.0323. The second-order valence-electron chi connectivity index (χ2n) is 7.45. The molecule has 0 aromatic carbocycles. The number of nitrogens with zero attached hydrogens (tertiary/aromatic N) is 5. The van der Waals surface area contributed by atoms with Crippen molar-refractivity contribution in [3.05, 3.63) is 42.0 Å². The summed E-state index contributed by atoms with van der Waals surface area (Å²) in [5.74, 6) is 1.74. The van der Waals surface area contributed by atoms with Gasteiger partial charge in [-0.3, -0.25) is 14.5 Å². The van der Waals surface area contributed by atoms with Crippen LogP contribution in [0, 0.1) is 10.7 Å². The average Bonchev–Trinajstić information content (AvgIpc) is 2.99. The smallest absolute Gasteiger partial charge is 0.199 e. The van der Waals surface area contributed by atoms with Crippen LogP contribution in [0.15, 0.2) is 37.2 Å². The second kappa shape index (κ2) is 7.84. The van der Waals surface area contributed by atoms with Gasteiger partial charge >= 0.3 is 0 Å². The molecule has 26 heavy (non-hydrogen) atoms. The lowest BCUT2D eigenvalue weighted by atomic mass is 9.78. The van der Waals surface area contributed by atoms with Crippen LogP contribution in [0.25, 0.3) is 11.4 Å². The first-order chi connectivity index (χ1) is 12.8. The van der Waals surface area contributed by atoms with E-state index in [9.17, 15) is 0 Å². The summed E-state index contributed by atoms with van der Waals surface area (Å²) in [5.41, 5.74) is 0.994. The van der Waals surface area contributed by atoms with Crippen LogP contribution in [0.3, 0.4) is 0 Å². The number of pyridine rings is 1. The maximum atomic E-state index is 5.76. The molecule has 0 amide bonds. The van der Waals surface area contributed by atoms with E-state index in [2.05, 4.69) is 21.0 Å². The van der Waals surface area contributed by atoms with Crippen LogP contribution in [-0.2, 0) is 13.2 Å². The fraction of sp³-hybridized carbons (Fsp3) is 0.550. The third-order valence-electron chi connectivity index (χ3n) is 5.83. The molecule has 1 aliphatic heterocycles. The molecule has 0 spiro atoms. The molecular weight excluding hydrogens is 342 g/mol. The lowest BCUT2D eigenvalue weighted by Gasteiger charge is -2.43. The molecule has 6 heteroatoms. The Bertz CT molecular complexity index is 807. The zero-order chi connectivity index (χ0) is 17.9. The van der Waals surface area contributed by atoms with Gasteiger partial charge in [-0.15, -0.1) is 6.58 Å². The van der Waals surface area contributed by atoms with E-state index in [4.69, 9.17) is 17.3 Å². The first kappa shape index (κ1) is 17.6. The van der Waals surface area contributed by atoms with E-state index in [1.54, 1.807) is 6.20 Å². The molecule has 0 bridgehead atoms. The predicted octanol–water partition coefficient (Wildman–Crippen LogP) is 4.27. The monoisotopic (exact) mass is 369 g/mol. The molecule has 4 rings (SSSR count). The highest BCUT2D eigenvalue weighted by atomic mass is 32.1. The van der Waals surface area contributed by atoms with E-state index in [-0.39, 0.29) is 0 Å². The van der Waals surface area contributed by atoms with Crippen LogP contribution in [0.4, 0.5) is 0 Å². The standard InChI is InChI=1S/C20H27N5S/c1-2-12-24-19(17-8-5-11-21-14-17)22-25(20(24)26)15-23-13-6-9-16-7-3-4-10-18(16)23/h2,5,8,11,14,16,18H,1,3-4,6-7,9-10,12-13,15H2/t16-,18-/m1/s1. The zero-order valence-corrected chi connectivity index (χ0v) is 16.1. The predicted molar refractivity (Wildman–Crippen MR) is 106 cm³/mol. The van der Waals surface area contributed by atoms with Crippen LogP contribution in [0.2, 0.25) is 0 Å². The van der Waals surface area contributed by atoms with Gasteiger partial charge in [0.15, 0.2) is 10.6 Å². The van der Waals surface area contributed by atoms with E-state index >= 15 is 0 Å². The van der Waals surface area contributed by atoms with E-state index < -0.39 is 0 Å². The van der Waals surface area contributed by atoms with Crippen molar-refractivity contribution < 1.29 is 0 Å². The van der Waals surface area contributed by atoms with Crippen molar-refractivity contribution in [3.63, 3.8) is 0 Å². The third-order valence-corrected chi connectivity index (χ3v) is 6.26. The van der Waals surface area contributed by atoms with E-state index in [0.717, 1.165) is 35.3 Å². The number of aromatic nitrogens is 4. The Hall–Kier alpha value is -1.79. The van der Waals surface area contributed by atoms with E-state index in [1.165, 1.54) is 38.5 Å². The fourth-order valence-corrected chi connectivity index (χ4v) is 4.87. The number of hydrogen-bond donors (Lipinski definition) is 0. The normalized spacial score (nSPS) is 23.5. The van der Waals surface area contributed by atoms with Crippen molar-refractivity contribution in [2.75, 3.05) is 6.54 Å². The third kappa shape index (κ3) is 3.40. The van der Waals surface area contributed by atoms with Gasteiger partial charge in [0.1, 0.15) is 0 Å². The van der Waals surface area contributed by atoms with Crippen LogP contribution in [-0.4, -0.2) is 36.8 Å². The molecule has 2 atom stereocenters. The summed E-state index contributed by atoms with van der Waals surface area (Å²) in [6, 6.07) is 4.67. The van der Waals surface area contributed by atoms with Gasteiger partial charge in [-0.2, -0.15) is 5.10 Å². The molecule has 2 aromatic rings. The highest BCUT2D eigenvalue weighted by Gasteiger charge is 2.33. The van der Waals surface area contributed by atoms with Gasteiger partial charge in [-0.25, -0.2) is 4.68 Å². The van der Waals surface area contributed by atoms with E-state index in [1.807, 2.05) is 29.1 Å². The summed E-state index contributed by atoms with van der Waals surface area (Å²) in [4.78, 5) is 6.85. The molecule has 2 aromatic heterocycles. The summed E-state index contributed by atoms with van der Waals surface area (Å²) < 4.78 is 4.82. The van der Waals surface area contributed by atoms with Crippen LogP contribution in [0.5, 0.6) is 0 Å². The fourth-order valence-electron chi connectivity index (χ4n) is 4.61. The van der Waals surface area contributed by atoms with Gasteiger partial charge < -0.3 is 0 Å². The minimum atomic E-state index is 0.662. The Labute approximate surface area is 160 Å². The largest absolute Gasteiger partial charge is 0.296 e. The topological polar surface area (TPSA) is 38.9 Å². The Kier molecular flexibility index (Phi) is 5.31. The molecule has 2 aliphatic rings. The quantitative estimate of drug-likeness (QED) is 0.583. The molecule has 2 fully saturated rings. The number of likely N-dealkylation sites (tertiary alicyclic amines) is 1. The van der Waals surface area contributed by atoms with Gasteiger partial charge in [0.2, 0.25) is 0 Å². The van der Waals surface area contributed by atoms with E-state index in [0.29, 0.717) is 12.6 Å². The zero-order valence-electron chi connectivity index (χ0n) is 15.3. The molecule has 1 saturated carbocycles. The number of hydrogen-bond acceptors (Lipinski definition) is 4. The lowest BCUT2D eigenvalue weighted by Crippen LogP contribution is -2.47. The summed E-state index contributed by atoms with van der Waals surface area (Å²) in [5, 5.41) is 4.88. The second-order valence-corrected chi connectivity index (χ2v) is 7.82. The Morgan fingerprint density at radius 1 is 1.23 bits per heavy atom. The number of rotatable bonds is 5. The van der Waals surface area contributed by atoms with Crippen molar-refractivity contribution in [2.24, 2.45) is 5.92 Å². The molecule has 5 nitrogen and oxygen atoms in total. The summed E-state index contributed by atoms with van der Waals surface area (Å²) in [6.45, 7) is 6.48. The van der Waals surface area contributed by atoms with Crippen LogP contribution < -0.4 is 0 Å². The minimum absolute atomic E-state index is 0.662. The SMILES string of the molecule is C=CCn1c(-c2cccnc2)nn(CN2CCC[C@H]3CCCC[C@H]32)c1=S. The minimum Gasteiger partial charge on any atom is -0.296 e. The first-order valence-electron chi connectivity index (χ1n) is 9.71. The maximum Gasteiger partial charge on any atom is 0.199 e. The number of fused-ring (bicyclic) bond motifs is 1. The Morgan fingerprint density at radius 2 is 2.08 bits per heavy atom. The summed E-state index contributed by atoms with van der Waals surface area (Å²) in [6.07, 6.45) is 13.6. The number of piperidine rings is 1. The average molecular weight is 370 g/mol. The summed E-state index contributed by atoms with van der Waals surface area (Å²) in [7, 11) is 0. The molecule has 0 radical (unpaired) electrons. The van der Waals surface area contributed by atoms with Crippen molar-refractivity contribution >= 4 is 12.2 Å². The van der Waals surface area contributed by atoms with Crippen LogP contribution >= 0.6 is 12.2 Å². The van der Waals surface area contributed by atoms with Crippen molar-refractivity contribution in [2.45, 2.75) is 57.8 Å². The van der Waals surface area contributed by atoms with Gasteiger partial charge in [0.05, 0.1) is 6.67 Å². The molecule has 3 heterocycles. The Balaban J connectivity index is 1.64. The van der Waals surface area contributed by atoms with Gasteiger partial charge in [0.25, 0.3) is 0 Å². The molecular formula is C20H27N5S. The number of allylic oxidation sites excluding steroid dienone is 1. The molecule has 0 N–H and O–H groups in total. The van der Waals surface area contributed by atoms with Crippen molar-refractivity contribution in [1.82, 2.24) is 24.2 Å². The molecule has 1 saturated heterocycles. The highest BCUT2D eigenvalue weighted by Crippen LogP contribution is 2.35. The van der Waals surface area contributed by atoms with Crippen molar-refractivity contribution in [1.29, 1.82) is 0 Å². The first-order valence-corrected chi connectivity index (χ1v) is 10.1. The van der Waals surface area contributed by atoms with Gasteiger partial charge in [-0.1, -0.05) is 18.9 Å². The summed E-state index contributed by atoms with van der Waals surface area (Å²) >= 11 is 5.76. The highest BCUT2D eigenvalue weighted by molar-refractivity contribution is 7.71. The molecule has 0 unspecified atom stereocenters. The van der Waals surface area contributed by atoms with Gasteiger partial charge in [-0.05, 0) is 56.0 Å². The van der Waals surface area contributed by atoms with Gasteiger partial charge in [0, 0.05) is 37.1 Å². The molecule has 1 aliphatic carbocycles. The maximum absolute atomic E-state index is 5.76. The molecule has 138 valence electrons. The Morgan fingerprint density at radius 3 is 2.88 bits per heavy atom.